The van der Waals surface area contributed by atoms with Crippen LogP contribution in [0.1, 0.15) is 50.2 Å². The number of piperidine rings is 1. The van der Waals surface area contributed by atoms with Crippen molar-refractivity contribution in [3.05, 3.63) is 23.7 Å². The highest BCUT2D eigenvalue weighted by atomic mass is 16.5. The van der Waals surface area contributed by atoms with Gasteiger partial charge in [-0.2, -0.15) is 0 Å². The summed E-state index contributed by atoms with van der Waals surface area (Å²) in [5.74, 6) is 1.04. The molecule has 6 nitrogen and oxygen atoms in total. The lowest BCUT2D eigenvalue weighted by molar-refractivity contribution is -0.157. The molecule has 1 aromatic rings. The lowest BCUT2D eigenvalue weighted by atomic mass is 9.90. The van der Waals surface area contributed by atoms with Crippen LogP contribution < -0.4 is 0 Å². The average Bonchev–Trinajstić information content (AvgIpc) is 3.15. The number of carboxylic acids is 1. The molecule has 0 aliphatic carbocycles. The van der Waals surface area contributed by atoms with E-state index in [0.717, 1.165) is 24.4 Å². The molecule has 0 radical (unpaired) electrons. The van der Waals surface area contributed by atoms with Crippen LogP contribution in [0.3, 0.4) is 0 Å². The Morgan fingerprint density at radius 1 is 1.22 bits per heavy atom. The standard InChI is InChI=1S/C17H23NO5/c1-10-7-8-18(12(9-10)13-4-3-11(2)22-13)16(19)14-5-6-15(23-14)17(20)21/h3-4,10,12,14-15H,5-9H2,1-2H3,(H,20,21)/t10?,12?,14-,15+/m0/s1. The predicted molar refractivity (Wildman–Crippen MR) is 81.8 cm³/mol. The first-order valence-electron chi connectivity index (χ1n) is 8.20. The molecule has 1 aromatic heterocycles. The van der Waals surface area contributed by atoms with Gasteiger partial charge in [0.2, 0.25) is 0 Å². The lowest BCUT2D eigenvalue weighted by Crippen LogP contribution is -2.45. The Hall–Kier alpha value is -1.82. The molecule has 3 rings (SSSR count). The van der Waals surface area contributed by atoms with Crippen LogP contribution in [0.2, 0.25) is 0 Å². The van der Waals surface area contributed by atoms with Crippen LogP contribution in [0, 0.1) is 12.8 Å². The highest BCUT2D eigenvalue weighted by molar-refractivity contribution is 5.83. The predicted octanol–water partition coefficient (Wildman–Crippen LogP) is 2.52. The Labute approximate surface area is 135 Å². The Kier molecular flexibility index (Phi) is 4.43. The van der Waals surface area contributed by atoms with E-state index in [9.17, 15) is 9.59 Å². The van der Waals surface area contributed by atoms with Crippen LogP contribution in [0.15, 0.2) is 16.5 Å². The van der Waals surface area contributed by atoms with Gasteiger partial charge in [-0.1, -0.05) is 6.92 Å². The van der Waals surface area contributed by atoms with Crippen molar-refractivity contribution in [1.82, 2.24) is 4.90 Å². The number of furan rings is 1. The SMILES string of the molecule is Cc1ccc(C2CC(C)CCN2C(=O)[C@@H]2CC[C@H](C(=O)O)O2)o1. The summed E-state index contributed by atoms with van der Waals surface area (Å²) in [4.78, 5) is 25.7. The fourth-order valence-corrected chi connectivity index (χ4v) is 3.49. The molecule has 1 amide bonds. The van der Waals surface area contributed by atoms with E-state index in [1.165, 1.54) is 0 Å². The molecule has 23 heavy (non-hydrogen) atoms. The Morgan fingerprint density at radius 2 is 1.96 bits per heavy atom. The summed E-state index contributed by atoms with van der Waals surface area (Å²) in [6.45, 7) is 4.72. The minimum Gasteiger partial charge on any atom is -0.479 e. The van der Waals surface area contributed by atoms with Crippen molar-refractivity contribution in [1.29, 1.82) is 0 Å². The molecule has 0 bridgehead atoms. The summed E-state index contributed by atoms with van der Waals surface area (Å²) < 4.78 is 11.2. The smallest absolute Gasteiger partial charge is 0.332 e. The largest absolute Gasteiger partial charge is 0.479 e. The summed E-state index contributed by atoms with van der Waals surface area (Å²) in [5, 5.41) is 9.03. The van der Waals surface area contributed by atoms with E-state index < -0.39 is 18.2 Å². The number of ether oxygens (including phenoxy) is 1. The van der Waals surface area contributed by atoms with Crippen molar-refractivity contribution >= 4 is 11.9 Å². The molecule has 2 saturated heterocycles. The Bertz CT molecular complexity index is 596. The summed E-state index contributed by atoms with van der Waals surface area (Å²) in [7, 11) is 0. The molecule has 0 saturated carbocycles. The number of carbonyl (C=O) groups excluding carboxylic acids is 1. The second-order valence-electron chi connectivity index (χ2n) is 6.65. The second-order valence-corrected chi connectivity index (χ2v) is 6.65. The number of hydrogen-bond acceptors (Lipinski definition) is 4. The van der Waals surface area contributed by atoms with Gasteiger partial charge in [-0.25, -0.2) is 4.79 Å². The minimum atomic E-state index is -0.995. The number of aryl methyl sites for hydroxylation is 1. The minimum absolute atomic E-state index is 0.0903. The van der Waals surface area contributed by atoms with Crippen LogP contribution in [-0.4, -0.2) is 40.6 Å². The third-order valence-electron chi connectivity index (χ3n) is 4.81. The summed E-state index contributed by atoms with van der Waals surface area (Å²) in [6, 6.07) is 3.74. The van der Waals surface area contributed by atoms with Crippen molar-refractivity contribution in [2.45, 2.75) is 57.8 Å². The number of nitrogens with zero attached hydrogens (tertiary/aromatic N) is 1. The molecule has 2 fully saturated rings. The third-order valence-corrected chi connectivity index (χ3v) is 4.81. The Balaban J connectivity index is 1.76. The molecule has 6 heteroatoms. The van der Waals surface area contributed by atoms with Crippen molar-refractivity contribution in [3.63, 3.8) is 0 Å². The molecule has 3 heterocycles. The van der Waals surface area contributed by atoms with E-state index in [0.29, 0.717) is 25.3 Å². The van der Waals surface area contributed by atoms with E-state index in [-0.39, 0.29) is 11.9 Å². The van der Waals surface area contributed by atoms with Crippen LogP contribution in [-0.2, 0) is 14.3 Å². The average molecular weight is 321 g/mol. The summed E-state index contributed by atoms with van der Waals surface area (Å²) >= 11 is 0. The van der Waals surface area contributed by atoms with Gasteiger partial charge in [-0.05, 0) is 50.7 Å². The molecule has 126 valence electrons. The van der Waals surface area contributed by atoms with Gasteiger partial charge in [-0.15, -0.1) is 0 Å². The van der Waals surface area contributed by atoms with E-state index in [4.69, 9.17) is 14.3 Å². The molecule has 2 aliphatic heterocycles. The maximum Gasteiger partial charge on any atom is 0.332 e. The molecule has 1 N–H and O–H groups in total. The molecule has 4 atom stereocenters. The van der Waals surface area contributed by atoms with Gasteiger partial charge in [-0.3, -0.25) is 4.79 Å². The van der Waals surface area contributed by atoms with Gasteiger partial charge in [0.1, 0.15) is 17.6 Å². The number of hydrogen-bond donors (Lipinski definition) is 1. The number of carbonyl (C=O) groups is 2. The van der Waals surface area contributed by atoms with E-state index in [2.05, 4.69) is 6.92 Å². The third kappa shape index (κ3) is 3.27. The first kappa shape index (κ1) is 16.1. The summed E-state index contributed by atoms with van der Waals surface area (Å²) in [6.07, 6.45) is 1.14. The zero-order chi connectivity index (χ0) is 16.6. The normalized spacial score (nSPS) is 31.3. The first-order valence-corrected chi connectivity index (χ1v) is 8.20. The van der Waals surface area contributed by atoms with Gasteiger partial charge in [0.15, 0.2) is 6.10 Å². The highest BCUT2D eigenvalue weighted by Gasteiger charge is 2.41. The number of likely N-dealkylation sites (tertiary alicyclic amines) is 1. The zero-order valence-corrected chi connectivity index (χ0v) is 13.5. The van der Waals surface area contributed by atoms with Gasteiger partial charge in [0.05, 0.1) is 6.04 Å². The van der Waals surface area contributed by atoms with Gasteiger partial charge < -0.3 is 19.2 Å². The van der Waals surface area contributed by atoms with Crippen LogP contribution in [0.25, 0.3) is 0 Å². The first-order chi connectivity index (χ1) is 11.0. The van der Waals surface area contributed by atoms with Crippen LogP contribution in [0.5, 0.6) is 0 Å². The molecule has 2 unspecified atom stereocenters. The number of rotatable bonds is 3. The van der Waals surface area contributed by atoms with Crippen molar-refractivity contribution in [3.8, 4) is 0 Å². The summed E-state index contributed by atoms with van der Waals surface area (Å²) in [5.41, 5.74) is 0. The zero-order valence-electron chi connectivity index (χ0n) is 13.5. The number of carboxylic acid groups (broad SMARTS) is 1. The quantitative estimate of drug-likeness (QED) is 0.925. The van der Waals surface area contributed by atoms with Crippen molar-refractivity contribution in [2.24, 2.45) is 5.92 Å². The maximum atomic E-state index is 12.8. The van der Waals surface area contributed by atoms with Gasteiger partial charge >= 0.3 is 5.97 Å². The van der Waals surface area contributed by atoms with Crippen LogP contribution in [0.4, 0.5) is 0 Å². The van der Waals surface area contributed by atoms with Gasteiger partial charge in [0.25, 0.3) is 5.91 Å². The maximum absolute atomic E-state index is 12.8. The highest BCUT2D eigenvalue weighted by Crippen LogP contribution is 2.36. The van der Waals surface area contributed by atoms with Gasteiger partial charge in [0, 0.05) is 6.54 Å². The lowest BCUT2D eigenvalue weighted by Gasteiger charge is -2.38. The number of amides is 1. The monoisotopic (exact) mass is 321 g/mol. The van der Waals surface area contributed by atoms with E-state index >= 15 is 0 Å². The Morgan fingerprint density at radius 3 is 2.57 bits per heavy atom. The van der Waals surface area contributed by atoms with E-state index in [1.807, 2.05) is 24.0 Å². The fraction of sp³-hybridized carbons (Fsp3) is 0.647. The molecule has 2 aliphatic rings. The molecular weight excluding hydrogens is 298 g/mol. The molecule has 0 aromatic carbocycles. The van der Waals surface area contributed by atoms with Crippen molar-refractivity contribution < 1.29 is 23.8 Å². The second kappa shape index (κ2) is 6.35. The van der Waals surface area contributed by atoms with Crippen molar-refractivity contribution in [2.75, 3.05) is 6.54 Å². The number of aliphatic carboxylic acids is 1. The fourth-order valence-electron chi connectivity index (χ4n) is 3.49. The van der Waals surface area contributed by atoms with Crippen LogP contribution >= 0.6 is 0 Å². The molecular formula is C17H23NO5. The van der Waals surface area contributed by atoms with E-state index in [1.54, 1.807) is 0 Å². The topological polar surface area (TPSA) is 80.0 Å². The molecule has 0 spiro atoms.